The molecule has 2 amide bonds. The molecule has 1 aromatic rings. The predicted octanol–water partition coefficient (Wildman–Crippen LogP) is 2.03. The molecule has 0 aliphatic carbocycles. The van der Waals surface area contributed by atoms with Crippen molar-refractivity contribution in [3.05, 3.63) is 23.3 Å². The van der Waals surface area contributed by atoms with Crippen molar-refractivity contribution >= 4 is 17.4 Å². The number of hydrogen-bond donors (Lipinski definition) is 3. The quantitative estimate of drug-likeness (QED) is 0.649. The van der Waals surface area contributed by atoms with Gasteiger partial charge in [-0.3, -0.25) is 0 Å². The van der Waals surface area contributed by atoms with E-state index in [4.69, 9.17) is 5.73 Å². The fraction of sp³-hybridized carbons (Fsp3) is 0.364. The zero-order chi connectivity index (χ0) is 11.4. The molecular formula is C11H17N3O. The Morgan fingerprint density at radius 2 is 1.93 bits per heavy atom. The summed E-state index contributed by atoms with van der Waals surface area (Å²) in [6, 6.07) is 3.50. The number of urea groups is 1. The van der Waals surface area contributed by atoms with Crippen molar-refractivity contribution in [1.29, 1.82) is 0 Å². The third-order valence-electron chi connectivity index (χ3n) is 2.25. The molecule has 4 N–H and O–H groups in total. The molecule has 0 bridgehead atoms. The first kappa shape index (κ1) is 11.4. The molecule has 0 radical (unpaired) electrons. The fourth-order valence-electron chi connectivity index (χ4n) is 1.27. The van der Waals surface area contributed by atoms with Crippen LogP contribution in [-0.4, -0.2) is 12.6 Å². The maximum absolute atomic E-state index is 11.3. The maximum atomic E-state index is 11.3. The van der Waals surface area contributed by atoms with Crippen LogP contribution in [0, 0.1) is 13.8 Å². The van der Waals surface area contributed by atoms with Gasteiger partial charge in [0.2, 0.25) is 0 Å². The van der Waals surface area contributed by atoms with Crippen molar-refractivity contribution in [2.24, 2.45) is 0 Å². The molecular weight excluding hydrogens is 190 g/mol. The van der Waals surface area contributed by atoms with Crippen molar-refractivity contribution in [3.63, 3.8) is 0 Å². The van der Waals surface area contributed by atoms with E-state index in [2.05, 4.69) is 10.6 Å². The van der Waals surface area contributed by atoms with Crippen LogP contribution in [-0.2, 0) is 0 Å². The second kappa shape index (κ2) is 4.68. The number of amides is 2. The van der Waals surface area contributed by atoms with Gasteiger partial charge in [0, 0.05) is 6.54 Å². The molecule has 0 atom stereocenters. The molecule has 0 saturated heterocycles. The van der Waals surface area contributed by atoms with Gasteiger partial charge in [-0.2, -0.15) is 0 Å². The van der Waals surface area contributed by atoms with Crippen molar-refractivity contribution in [3.8, 4) is 0 Å². The van der Waals surface area contributed by atoms with Crippen LogP contribution in [0.2, 0.25) is 0 Å². The van der Waals surface area contributed by atoms with E-state index < -0.39 is 0 Å². The molecule has 82 valence electrons. The number of hydrogen-bond acceptors (Lipinski definition) is 2. The maximum Gasteiger partial charge on any atom is 0.319 e. The van der Waals surface area contributed by atoms with Crippen LogP contribution in [0.3, 0.4) is 0 Å². The van der Waals surface area contributed by atoms with Crippen molar-refractivity contribution in [2.45, 2.75) is 20.8 Å². The summed E-state index contributed by atoms with van der Waals surface area (Å²) >= 11 is 0. The van der Waals surface area contributed by atoms with Crippen LogP contribution in [0.15, 0.2) is 12.1 Å². The van der Waals surface area contributed by atoms with E-state index in [1.165, 1.54) is 0 Å². The molecule has 0 fully saturated rings. The lowest BCUT2D eigenvalue weighted by molar-refractivity contribution is 0.252. The Labute approximate surface area is 89.9 Å². The number of nitrogens with two attached hydrogens (primary N) is 1. The average molecular weight is 207 g/mol. The molecule has 4 heteroatoms. The van der Waals surface area contributed by atoms with Crippen LogP contribution in [0.25, 0.3) is 0 Å². The molecule has 0 aromatic heterocycles. The minimum absolute atomic E-state index is 0.229. The first-order valence-corrected chi connectivity index (χ1v) is 4.96. The van der Waals surface area contributed by atoms with Gasteiger partial charge in [-0.1, -0.05) is 0 Å². The fourth-order valence-corrected chi connectivity index (χ4v) is 1.27. The lowest BCUT2D eigenvalue weighted by Crippen LogP contribution is -2.28. The Balaban J connectivity index is 2.86. The number of aryl methyl sites for hydroxylation is 2. The number of carbonyl (C=O) groups excluding carboxylic acids is 1. The smallest absolute Gasteiger partial charge is 0.319 e. The Kier molecular flexibility index (Phi) is 3.55. The van der Waals surface area contributed by atoms with Crippen LogP contribution >= 0.6 is 0 Å². The topological polar surface area (TPSA) is 67.2 Å². The van der Waals surface area contributed by atoms with Crippen LogP contribution < -0.4 is 16.4 Å². The highest BCUT2D eigenvalue weighted by atomic mass is 16.2. The van der Waals surface area contributed by atoms with Crippen molar-refractivity contribution < 1.29 is 4.79 Å². The number of nitrogen functional groups attached to an aromatic ring is 1. The number of nitrogens with one attached hydrogen (secondary N) is 2. The highest BCUT2D eigenvalue weighted by Crippen LogP contribution is 2.22. The molecule has 4 nitrogen and oxygen atoms in total. The van der Waals surface area contributed by atoms with Gasteiger partial charge in [0.15, 0.2) is 0 Å². The summed E-state index contributed by atoms with van der Waals surface area (Å²) in [6.45, 7) is 6.43. The first-order valence-electron chi connectivity index (χ1n) is 4.96. The van der Waals surface area contributed by atoms with E-state index in [1.54, 1.807) is 0 Å². The molecule has 0 saturated carbocycles. The van der Waals surface area contributed by atoms with Gasteiger partial charge in [0.1, 0.15) is 0 Å². The SMILES string of the molecule is CCNC(=O)Nc1cc(C)c(C)cc1N. The Hall–Kier alpha value is -1.71. The van der Waals surface area contributed by atoms with Gasteiger partial charge in [0.25, 0.3) is 0 Å². The predicted molar refractivity (Wildman–Crippen MR) is 63.0 cm³/mol. The highest BCUT2D eigenvalue weighted by Gasteiger charge is 2.05. The van der Waals surface area contributed by atoms with E-state index >= 15 is 0 Å². The van der Waals surface area contributed by atoms with Gasteiger partial charge >= 0.3 is 6.03 Å². The Morgan fingerprint density at radius 3 is 2.53 bits per heavy atom. The molecule has 1 aromatic carbocycles. The van der Waals surface area contributed by atoms with E-state index in [1.807, 2.05) is 32.9 Å². The molecule has 0 heterocycles. The lowest BCUT2D eigenvalue weighted by Gasteiger charge is -2.11. The van der Waals surface area contributed by atoms with Crippen LogP contribution in [0.1, 0.15) is 18.1 Å². The van der Waals surface area contributed by atoms with Crippen LogP contribution in [0.4, 0.5) is 16.2 Å². The largest absolute Gasteiger partial charge is 0.397 e. The van der Waals surface area contributed by atoms with Gasteiger partial charge in [0.05, 0.1) is 11.4 Å². The summed E-state index contributed by atoms with van der Waals surface area (Å²) in [5.74, 6) is 0. The zero-order valence-corrected chi connectivity index (χ0v) is 9.35. The summed E-state index contributed by atoms with van der Waals surface area (Å²) in [4.78, 5) is 11.3. The number of benzene rings is 1. The number of rotatable bonds is 2. The van der Waals surface area contributed by atoms with Gasteiger partial charge < -0.3 is 16.4 Å². The van der Waals surface area contributed by atoms with E-state index in [0.717, 1.165) is 11.1 Å². The normalized spacial score (nSPS) is 9.80. The van der Waals surface area contributed by atoms with Gasteiger partial charge in [-0.25, -0.2) is 4.79 Å². The average Bonchev–Trinajstić information content (AvgIpc) is 2.14. The summed E-state index contributed by atoms with van der Waals surface area (Å²) < 4.78 is 0. The molecule has 15 heavy (non-hydrogen) atoms. The van der Waals surface area contributed by atoms with Crippen molar-refractivity contribution in [2.75, 3.05) is 17.6 Å². The standard InChI is InChI=1S/C11H17N3O/c1-4-13-11(15)14-10-6-8(3)7(2)5-9(10)12/h5-6H,4,12H2,1-3H3,(H2,13,14,15). The second-order valence-electron chi connectivity index (χ2n) is 3.51. The molecule has 0 aliphatic rings. The van der Waals surface area contributed by atoms with Gasteiger partial charge in [-0.15, -0.1) is 0 Å². The molecule has 1 rings (SSSR count). The monoisotopic (exact) mass is 207 g/mol. The zero-order valence-electron chi connectivity index (χ0n) is 9.35. The summed E-state index contributed by atoms with van der Waals surface area (Å²) in [7, 11) is 0. The number of anilines is 2. The van der Waals surface area contributed by atoms with Gasteiger partial charge in [-0.05, 0) is 44.0 Å². The Bertz CT molecular complexity index is 374. The summed E-state index contributed by atoms with van der Waals surface area (Å²) in [5.41, 5.74) is 9.26. The van der Waals surface area contributed by atoms with E-state index in [0.29, 0.717) is 17.9 Å². The number of carbonyl (C=O) groups is 1. The lowest BCUT2D eigenvalue weighted by atomic mass is 10.1. The minimum Gasteiger partial charge on any atom is -0.397 e. The minimum atomic E-state index is -0.229. The van der Waals surface area contributed by atoms with E-state index in [-0.39, 0.29) is 6.03 Å². The summed E-state index contributed by atoms with van der Waals surface area (Å²) in [5, 5.41) is 5.35. The highest BCUT2D eigenvalue weighted by molar-refractivity contribution is 5.92. The first-order chi connectivity index (χ1) is 7.04. The second-order valence-corrected chi connectivity index (χ2v) is 3.51. The third kappa shape index (κ3) is 2.87. The third-order valence-corrected chi connectivity index (χ3v) is 2.25. The summed E-state index contributed by atoms with van der Waals surface area (Å²) in [6.07, 6.45) is 0. The van der Waals surface area contributed by atoms with Crippen molar-refractivity contribution in [1.82, 2.24) is 5.32 Å². The van der Waals surface area contributed by atoms with Crippen LogP contribution in [0.5, 0.6) is 0 Å². The van der Waals surface area contributed by atoms with E-state index in [9.17, 15) is 4.79 Å². The Morgan fingerprint density at radius 1 is 1.33 bits per heavy atom. The molecule has 0 unspecified atom stereocenters. The molecule has 0 spiro atoms. The molecule has 0 aliphatic heterocycles.